The molecule has 0 unspecified atom stereocenters. The fraction of sp³-hybridized carbons (Fsp3) is 0.0909. The smallest absolute Gasteiger partial charge is 0.170 e. The Bertz CT molecular complexity index is 460. The normalized spacial score (nSPS) is 10.1. The Hall–Kier alpha value is -2.10. The summed E-state index contributed by atoms with van der Waals surface area (Å²) in [6.45, 7) is 0. The van der Waals surface area contributed by atoms with Crippen LogP contribution in [0.1, 0.15) is 21.7 Å². The van der Waals surface area contributed by atoms with Crippen LogP contribution in [0.4, 0.5) is 0 Å². The highest BCUT2D eigenvalue weighted by Gasteiger charge is 2.01. The Morgan fingerprint density at radius 3 is 2.67 bits per heavy atom. The van der Waals surface area contributed by atoms with Gasteiger partial charge in [-0.3, -0.25) is 9.89 Å². The number of hydrogen-bond acceptors (Lipinski definition) is 3. The molecule has 15 heavy (non-hydrogen) atoms. The zero-order chi connectivity index (χ0) is 10.7. The van der Waals surface area contributed by atoms with Gasteiger partial charge in [0.1, 0.15) is 11.4 Å². The molecule has 0 saturated heterocycles. The molecule has 4 nitrogen and oxygen atoms in total. The Labute approximate surface area is 86.6 Å². The van der Waals surface area contributed by atoms with Gasteiger partial charge in [-0.2, -0.15) is 5.10 Å². The third-order valence-corrected chi connectivity index (χ3v) is 2.10. The Kier molecular flexibility index (Phi) is 2.49. The summed E-state index contributed by atoms with van der Waals surface area (Å²) in [5.41, 5.74) is 2.33. The van der Waals surface area contributed by atoms with Crippen molar-refractivity contribution in [2.24, 2.45) is 0 Å². The van der Waals surface area contributed by atoms with Gasteiger partial charge in [0.2, 0.25) is 0 Å². The number of aldehydes is 1. The number of benzene rings is 1. The van der Waals surface area contributed by atoms with Crippen molar-refractivity contribution in [3.05, 3.63) is 47.3 Å². The molecule has 2 rings (SSSR count). The molecule has 0 bridgehead atoms. The van der Waals surface area contributed by atoms with E-state index in [2.05, 4.69) is 10.2 Å². The summed E-state index contributed by atoms with van der Waals surface area (Å²) in [5, 5.41) is 15.7. The number of aromatic nitrogens is 2. The molecule has 0 amide bonds. The van der Waals surface area contributed by atoms with Crippen molar-refractivity contribution in [2.75, 3.05) is 0 Å². The van der Waals surface area contributed by atoms with E-state index in [1.807, 2.05) is 12.1 Å². The van der Waals surface area contributed by atoms with Crippen LogP contribution in [0, 0.1) is 0 Å². The van der Waals surface area contributed by atoms with Crippen molar-refractivity contribution < 1.29 is 9.90 Å². The van der Waals surface area contributed by atoms with Crippen LogP contribution in [-0.2, 0) is 6.42 Å². The number of carbonyl (C=O) groups excluding carboxylic acids is 1. The predicted molar refractivity (Wildman–Crippen MR) is 54.9 cm³/mol. The highest BCUT2D eigenvalue weighted by atomic mass is 16.3. The third kappa shape index (κ3) is 2.22. The van der Waals surface area contributed by atoms with E-state index >= 15 is 0 Å². The summed E-state index contributed by atoms with van der Waals surface area (Å²) >= 11 is 0. The molecular formula is C11H10N2O2. The predicted octanol–water partition coefficient (Wildman–Crippen LogP) is 1.52. The summed E-state index contributed by atoms with van der Waals surface area (Å²) < 4.78 is 0. The van der Waals surface area contributed by atoms with Gasteiger partial charge >= 0.3 is 0 Å². The van der Waals surface area contributed by atoms with E-state index in [1.54, 1.807) is 18.2 Å². The molecule has 0 atom stereocenters. The molecule has 76 valence electrons. The van der Waals surface area contributed by atoms with Crippen molar-refractivity contribution in [2.45, 2.75) is 6.42 Å². The van der Waals surface area contributed by atoms with Crippen LogP contribution in [0.2, 0.25) is 0 Å². The Balaban J connectivity index is 2.14. The minimum absolute atomic E-state index is 0.247. The number of hydrogen-bond donors (Lipinski definition) is 2. The second-order valence-electron chi connectivity index (χ2n) is 3.28. The van der Waals surface area contributed by atoms with E-state index in [1.165, 1.54) is 0 Å². The molecule has 0 aliphatic carbocycles. The van der Waals surface area contributed by atoms with Gasteiger partial charge in [-0.25, -0.2) is 0 Å². The van der Waals surface area contributed by atoms with Gasteiger partial charge in [-0.15, -0.1) is 0 Å². The fourth-order valence-electron chi connectivity index (χ4n) is 1.36. The van der Waals surface area contributed by atoms with E-state index in [9.17, 15) is 4.79 Å². The van der Waals surface area contributed by atoms with E-state index in [0.29, 0.717) is 18.4 Å². The first-order valence-electron chi connectivity index (χ1n) is 4.55. The number of aromatic hydroxyl groups is 1. The summed E-state index contributed by atoms with van der Waals surface area (Å²) in [7, 11) is 0. The number of phenolic OH excluding ortho intramolecular Hbond substituents is 1. The van der Waals surface area contributed by atoms with E-state index in [-0.39, 0.29) is 5.75 Å². The topological polar surface area (TPSA) is 66.0 Å². The van der Waals surface area contributed by atoms with Gasteiger partial charge in [0.05, 0.1) is 0 Å². The summed E-state index contributed by atoms with van der Waals surface area (Å²) in [6, 6.07) is 8.63. The molecule has 0 saturated carbocycles. The zero-order valence-electron chi connectivity index (χ0n) is 7.97. The van der Waals surface area contributed by atoms with Crippen LogP contribution >= 0.6 is 0 Å². The first-order chi connectivity index (χ1) is 7.28. The van der Waals surface area contributed by atoms with Crippen LogP contribution in [0.5, 0.6) is 5.75 Å². The van der Waals surface area contributed by atoms with Crippen LogP contribution in [0.25, 0.3) is 0 Å². The lowest BCUT2D eigenvalue weighted by Gasteiger charge is -1.98. The first-order valence-corrected chi connectivity index (χ1v) is 4.55. The highest BCUT2D eigenvalue weighted by molar-refractivity contribution is 5.71. The minimum atomic E-state index is 0.247. The summed E-state index contributed by atoms with van der Waals surface area (Å²) in [4.78, 5) is 10.4. The zero-order valence-corrected chi connectivity index (χ0v) is 7.97. The van der Waals surface area contributed by atoms with E-state index in [4.69, 9.17) is 5.11 Å². The average molecular weight is 202 g/mol. The Morgan fingerprint density at radius 2 is 2.07 bits per heavy atom. The second-order valence-corrected chi connectivity index (χ2v) is 3.28. The molecule has 1 heterocycles. The lowest BCUT2D eigenvalue weighted by Crippen LogP contribution is -1.87. The number of nitrogens with zero attached hydrogens (tertiary/aromatic N) is 1. The maximum Gasteiger partial charge on any atom is 0.170 e. The van der Waals surface area contributed by atoms with Gasteiger partial charge in [0.15, 0.2) is 6.29 Å². The molecule has 2 aromatic rings. The van der Waals surface area contributed by atoms with Crippen LogP contribution < -0.4 is 0 Å². The molecule has 2 N–H and O–H groups in total. The lowest BCUT2D eigenvalue weighted by atomic mass is 10.1. The summed E-state index contributed by atoms with van der Waals surface area (Å²) in [5.74, 6) is 0.247. The molecule has 0 radical (unpaired) electrons. The second kappa shape index (κ2) is 3.96. The van der Waals surface area contributed by atoms with Gasteiger partial charge in [0.25, 0.3) is 0 Å². The minimum Gasteiger partial charge on any atom is -0.508 e. The van der Waals surface area contributed by atoms with Crippen molar-refractivity contribution in [1.82, 2.24) is 10.2 Å². The molecule has 0 fully saturated rings. The number of H-pyrrole nitrogens is 1. The lowest BCUT2D eigenvalue weighted by molar-refractivity contribution is 0.111. The number of nitrogens with one attached hydrogen (secondary N) is 1. The van der Waals surface area contributed by atoms with Gasteiger partial charge in [-0.1, -0.05) is 12.1 Å². The van der Waals surface area contributed by atoms with Crippen molar-refractivity contribution in [3.63, 3.8) is 0 Å². The maximum atomic E-state index is 10.4. The number of rotatable bonds is 3. The number of aromatic amines is 1. The van der Waals surface area contributed by atoms with Crippen molar-refractivity contribution in [1.29, 1.82) is 0 Å². The molecule has 0 spiro atoms. The van der Waals surface area contributed by atoms with Gasteiger partial charge in [0, 0.05) is 12.1 Å². The largest absolute Gasteiger partial charge is 0.508 e. The van der Waals surface area contributed by atoms with Crippen molar-refractivity contribution in [3.8, 4) is 5.75 Å². The van der Waals surface area contributed by atoms with Crippen molar-refractivity contribution >= 4 is 6.29 Å². The van der Waals surface area contributed by atoms with Crippen LogP contribution in [0.3, 0.4) is 0 Å². The molecule has 1 aromatic heterocycles. The monoisotopic (exact) mass is 202 g/mol. The van der Waals surface area contributed by atoms with Gasteiger partial charge < -0.3 is 5.11 Å². The quantitative estimate of drug-likeness (QED) is 0.741. The van der Waals surface area contributed by atoms with Crippen LogP contribution in [-0.4, -0.2) is 21.6 Å². The first kappa shape index (κ1) is 9.45. The summed E-state index contributed by atoms with van der Waals surface area (Å²) in [6.07, 6.45) is 1.37. The highest BCUT2D eigenvalue weighted by Crippen LogP contribution is 2.12. The molecule has 4 heteroatoms. The van der Waals surface area contributed by atoms with E-state index < -0.39 is 0 Å². The third-order valence-electron chi connectivity index (χ3n) is 2.10. The number of phenols is 1. The Morgan fingerprint density at radius 1 is 1.33 bits per heavy atom. The molecule has 0 aliphatic heterocycles. The van der Waals surface area contributed by atoms with Gasteiger partial charge in [-0.05, 0) is 23.8 Å². The fourth-order valence-corrected chi connectivity index (χ4v) is 1.36. The molecular weight excluding hydrogens is 192 g/mol. The average Bonchev–Trinajstić information content (AvgIpc) is 2.69. The van der Waals surface area contributed by atoms with Crippen LogP contribution in [0.15, 0.2) is 30.3 Å². The standard InChI is InChI=1S/C11H10N2O2/c14-7-10-6-9(12-13-10)5-8-1-3-11(15)4-2-8/h1-4,6-7,15H,5H2,(H,12,13). The van der Waals surface area contributed by atoms with E-state index in [0.717, 1.165) is 11.3 Å². The SMILES string of the molecule is O=Cc1cc(Cc2ccc(O)cc2)[nH]n1. The molecule has 0 aliphatic rings. The number of carbonyl (C=O) groups is 1. The maximum absolute atomic E-state index is 10.4. The molecule has 1 aromatic carbocycles.